The molecular formula is C8H8BrIO2. The lowest BCUT2D eigenvalue weighted by Gasteiger charge is -2.06. The van der Waals surface area contributed by atoms with Crippen molar-refractivity contribution < 1.29 is 10.2 Å². The number of benzene rings is 1. The summed E-state index contributed by atoms with van der Waals surface area (Å²) in [5, 5.41) is 18.3. The molecule has 0 fully saturated rings. The number of hydrogen-bond donors (Lipinski definition) is 2. The van der Waals surface area contributed by atoms with E-state index in [2.05, 4.69) is 38.5 Å². The van der Waals surface area contributed by atoms with Crippen molar-refractivity contribution in [2.24, 2.45) is 0 Å². The molecule has 0 heterocycles. The average Bonchev–Trinajstić information content (AvgIpc) is 2.06. The zero-order valence-electron chi connectivity index (χ0n) is 6.22. The number of aliphatic hydroxyl groups excluding tert-OH is 1. The molecule has 0 saturated carbocycles. The fourth-order valence-electron chi connectivity index (χ4n) is 0.933. The first-order valence-corrected chi connectivity index (χ1v) is 5.30. The zero-order chi connectivity index (χ0) is 9.14. The minimum Gasteiger partial charge on any atom is -0.506 e. The molecule has 4 heteroatoms. The number of hydrogen-bond acceptors (Lipinski definition) is 2. The molecule has 0 spiro atoms. The Balaban J connectivity index is 3.14. The third-order valence-corrected chi connectivity index (χ3v) is 3.19. The molecular weight excluding hydrogens is 335 g/mol. The van der Waals surface area contributed by atoms with Crippen LogP contribution in [-0.4, -0.2) is 16.8 Å². The van der Waals surface area contributed by atoms with Gasteiger partial charge in [-0.15, -0.1) is 0 Å². The monoisotopic (exact) mass is 342 g/mol. The number of phenolic OH excluding ortho intramolecular Hbond substituents is 1. The predicted molar refractivity (Wildman–Crippen MR) is 59.3 cm³/mol. The van der Waals surface area contributed by atoms with Crippen LogP contribution in [0.3, 0.4) is 0 Å². The Hall–Kier alpha value is 0.190. The van der Waals surface area contributed by atoms with Crippen LogP contribution in [0.2, 0.25) is 0 Å². The van der Waals surface area contributed by atoms with Gasteiger partial charge in [-0.05, 0) is 50.7 Å². The van der Waals surface area contributed by atoms with Gasteiger partial charge in [0.05, 0.1) is 4.47 Å². The van der Waals surface area contributed by atoms with Gasteiger partial charge in [0, 0.05) is 22.2 Å². The van der Waals surface area contributed by atoms with E-state index >= 15 is 0 Å². The highest BCUT2D eigenvalue weighted by molar-refractivity contribution is 14.1. The maximum absolute atomic E-state index is 9.55. The van der Waals surface area contributed by atoms with Crippen molar-refractivity contribution in [1.82, 2.24) is 0 Å². The number of aliphatic hydroxyl groups is 1. The Kier molecular flexibility index (Phi) is 3.79. The SMILES string of the molecule is OCCc1c(I)ccc(Br)c1O. The quantitative estimate of drug-likeness (QED) is 0.810. The summed E-state index contributed by atoms with van der Waals surface area (Å²) in [7, 11) is 0. The molecule has 0 aliphatic heterocycles. The smallest absolute Gasteiger partial charge is 0.134 e. The van der Waals surface area contributed by atoms with Crippen LogP contribution in [0, 0.1) is 3.57 Å². The van der Waals surface area contributed by atoms with Gasteiger partial charge in [0.15, 0.2) is 0 Å². The Bertz CT molecular complexity index is 289. The third kappa shape index (κ3) is 2.11. The maximum atomic E-state index is 9.55. The van der Waals surface area contributed by atoms with E-state index in [9.17, 15) is 5.11 Å². The van der Waals surface area contributed by atoms with Crippen LogP contribution >= 0.6 is 38.5 Å². The van der Waals surface area contributed by atoms with Crippen molar-refractivity contribution in [3.63, 3.8) is 0 Å². The van der Waals surface area contributed by atoms with Crippen LogP contribution < -0.4 is 0 Å². The molecule has 0 aliphatic rings. The van der Waals surface area contributed by atoms with Gasteiger partial charge >= 0.3 is 0 Å². The van der Waals surface area contributed by atoms with E-state index in [1.54, 1.807) is 6.07 Å². The van der Waals surface area contributed by atoms with Crippen molar-refractivity contribution >= 4 is 38.5 Å². The van der Waals surface area contributed by atoms with Gasteiger partial charge in [0.1, 0.15) is 5.75 Å². The van der Waals surface area contributed by atoms with Gasteiger partial charge in [0.2, 0.25) is 0 Å². The van der Waals surface area contributed by atoms with Crippen LogP contribution in [0.4, 0.5) is 0 Å². The second-order valence-corrected chi connectivity index (χ2v) is 4.35. The van der Waals surface area contributed by atoms with E-state index in [4.69, 9.17) is 5.11 Å². The maximum Gasteiger partial charge on any atom is 0.134 e. The molecule has 2 nitrogen and oxygen atoms in total. The number of rotatable bonds is 2. The van der Waals surface area contributed by atoms with E-state index in [-0.39, 0.29) is 12.4 Å². The van der Waals surface area contributed by atoms with Crippen LogP contribution in [0.15, 0.2) is 16.6 Å². The lowest BCUT2D eigenvalue weighted by molar-refractivity contribution is 0.297. The fraction of sp³-hybridized carbons (Fsp3) is 0.250. The largest absolute Gasteiger partial charge is 0.506 e. The summed E-state index contributed by atoms with van der Waals surface area (Å²) in [5.41, 5.74) is 0.799. The standard InChI is InChI=1S/C8H8BrIO2/c9-6-1-2-7(10)5(3-4-11)8(6)12/h1-2,11-12H,3-4H2. The molecule has 0 aliphatic carbocycles. The first-order chi connectivity index (χ1) is 5.66. The average molecular weight is 343 g/mol. The summed E-state index contributed by atoms with van der Waals surface area (Å²) < 4.78 is 1.65. The summed E-state index contributed by atoms with van der Waals surface area (Å²) in [4.78, 5) is 0. The van der Waals surface area contributed by atoms with E-state index in [1.165, 1.54) is 0 Å². The summed E-state index contributed by atoms with van der Waals surface area (Å²) in [6.45, 7) is 0.0556. The van der Waals surface area contributed by atoms with Gasteiger partial charge in [-0.25, -0.2) is 0 Å². The Labute approximate surface area is 92.9 Å². The van der Waals surface area contributed by atoms with Gasteiger partial charge in [-0.3, -0.25) is 0 Å². The van der Waals surface area contributed by atoms with Gasteiger partial charge in [-0.1, -0.05) is 0 Å². The minimum atomic E-state index is 0.0556. The van der Waals surface area contributed by atoms with Crippen molar-refractivity contribution in [3.05, 3.63) is 25.7 Å². The molecule has 1 rings (SSSR count). The van der Waals surface area contributed by atoms with E-state index in [1.807, 2.05) is 6.07 Å². The number of aromatic hydroxyl groups is 1. The lowest BCUT2D eigenvalue weighted by atomic mass is 10.1. The van der Waals surface area contributed by atoms with E-state index < -0.39 is 0 Å². The third-order valence-electron chi connectivity index (χ3n) is 1.54. The van der Waals surface area contributed by atoms with Gasteiger partial charge in [-0.2, -0.15) is 0 Å². The van der Waals surface area contributed by atoms with Crippen molar-refractivity contribution in [3.8, 4) is 5.75 Å². The van der Waals surface area contributed by atoms with Gasteiger partial charge in [0.25, 0.3) is 0 Å². The first-order valence-electron chi connectivity index (χ1n) is 3.43. The summed E-state index contributed by atoms with van der Waals surface area (Å²) in [6.07, 6.45) is 0.490. The molecule has 0 bridgehead atoms. The molecule has 0 saturated heterocycles. The topological polar surface area (TPSA) is 40.5 Å². The predicted octanol–water partition coefficient (Wildman–Crippen LogP) is 2.29. The molecule has 0 radical (unpaired) electrons. The lowest BCUT2D eigenvalue weighted by Crippen LogP contribution is -1.94. The molecule has 1 aromatic carbocycles. The second kappa shape index (κ2) is 4.43. The zero-order valence-corrected chi connectivity index (χ0v) is 9.96. The summed E-state index contributed by atoms with van der Waals surface area (Å²) in [5.74, 6) is 0.232. The molecule has 0 aromatic heterocycles. The molecule has 0 amide bonds. The van der Waals surface area contributed by atoms with Crippen LogP contribution in [0.1, 0.15) is 5.56 Å². The Morgan fingerprint density at radius 1 is 1.42 bits per heavy atom. The first kappa shape index (κ1) is 10.3. The summed E-state index contributed by atoms with van der Waals surface area (Å²) in [6, 6.07) is 3.69. The second-order valence-electron chi connectivity index (χ2n) is 2.33. The van der Waals surface area contributed by atoms with Crippen molar-refractivity contribution in [2.45, 2.75) is 6.42 Å². The Morgan fingerprint density at radius 3 is 2.67 bits per heavy atom. The minimum absolute atomic E-state index is 0.0556. The summed E-state index contributed by atoms with van der Waals surface area (Å²) >= 11 is 5.35. The number of halogens is 2. The normalized spacial score (nSPS) is 10.2. The highest BCUT2D eigenvalue weighted by Gasteiger charge is 2.08. The molecule has 0 atom stereocenters. The molecule has 12 heavy (non-hydrogen) atoms. The fourth-order valence-corrected chi connectivity index (χ4v) is 2.01. The number of phenols is 1. The van der Waals surface area contributed by atoms with Crippen molar-refractivity contribution in [2.75, 3.05) is 6.61 Å². The molecule has 0 unspecified atom stereocenters. The Morgan fingerprint density at radius 2 is 2.08 bits per heavy atom. The van der Waals surface area contributed by atoms with Crippen LogP contribution in [0.5, 0.6) is 5.75 Å². The van der Waals surface area contributed by atoms with Crippen LogP contribution in [0.25, 0.3) is 0 Å². The molecule has 2 N–H and O–H groups in total. The van der Waals surface area contributed by atoms with Crippen LogP contribution in [-0.2, 0) is 6.42 Å². The van der Waals surface area contributed by atoms with Crippen molar-refractivity contribution in [1.29, 1.82) is 0 Å². The van der Waals surface area contributed by atoms with E-state index in [0.29, 0.717) is 10.9 Å². The van der Waals surface area contributed by atoms with E-state index in [0.717, 1.165) is 9.13 Å². The highest BCUT2D eigenvalue weighted by Crippen LogP contribution is 2.31. The highest BCUT2D eigenvalue weighted by atomic mass is 127. The molecule has 1 aromatic rings. The van der Waals surface area contributed by atoms with Gasteiger partial charge < -0.3 is 10.2 Å². The molecule has 66 valence electrons.